The van der Waals surface area contributed by atoms with Crippen LogP contribution in [0.3, 0.4) is 0 Å². The van der Waals surface area contributed by atoms with Crippen molar-refractivity contribution >= 4 is 23.4 Å². The maximum absolute atomic E-state index is 11.9. The van der Waals surface area contributed by atoms with Gasteiger partial charge in [-0.05, 0) is 57.4 Å². The summed E-state index contributed by atoms with van der Waals surface area (Å²) in [7, 11) is 0. The molecule has 6 rings (SSSR count). The average molecular weight is 501 g/mol. The summed E-state index contributed by atoms with van der Waals surface area (Å²) in [6.45, 7) is 7.48. The smallest absolute Gasteiger partial charge is 0.319 e. The van der Waals surface area contributed by atoms with Gasteiger partial charge in [0, 0.05) is 41.7 Å². The molecule has 0 aliphatic carbocycles. The Morgan fingerprint density at radius 2 is 1.89 bits per heavy atom. The minimum atomic E-state index is -0.217. The first-order chi connectivity index (χ1) is 18.1. The van der Waals surface area contributed by atoms with Crippen LogP contribution in [-0.2, 0) is 17.7 Å². The van der Waals surface area contributed by atoms with E-state index in [-0.39, 0.29) is 6.03 Å². The fourth-order valence-corrected chi connectivity index (χ4v) is 5.58. The second-order valence-electron chi connectivity index (χ2n) is 9.88. The van der Waals surface area contributed by atoms with E-state index in [0.29, 0.717) is 31.0 Å². The highest BCUT2D eigenvalue weighted by Gasteiger charge is 2.40. The Morgan fingerprint density at radius 1 is 1.11 bits per heavy atom. The van der Waals surface area contributed by atoms with Crippen molar-refractivity contribution in [3.8, 4) is 11.4 Å². The van der Waals surface area contributed by atoms with E-state index < -0.39 is 0 Å². The number of ether oxygens (including phenoxy) is 1. The van der Waals surface area contributed by atoms with Crippen molar-refractivity contribution < 1.29 is 9.53 Å². The van der Waals surface area contributed by atoms with Gasteiger partial charge in [0.15, 0.2) is 5.82 Å². The maximum Gasteiger partial charge on any atom is 0.319 e. The third kappa shape index (κ3) is 4.69. The molecule has 3 aromatic rings. The molecule has 2 amide bonds. The molecule has 2 fully saturated rings. The van der Waals surface area contributed by atoms with Gasteiger partial charge in [-0.1, -0.05) is 0 Å². The standard InChI is InChI=1S/C27H32N8O2/c1-3-28-27(36)31-19-6-4-18(5-7-19)25-32-23-13-34(24-12-17(2)29-16-30-24)11-10-22(23)26(33-25)35-20-8-9-21(35)15-37-14-20/h4-7,12,16,20-21H,3,8-11,13-15H2,1-2H3,(H2,28,31,36)/t20-,21+. The van der Waals surface area contributed by atoms with Crippen LogP contribution in [0.5, 0.6) is 0 Å². The van der Waals surface area contributed by atoms with Crippen LogP contribution >= 0.6 is 0 Å². The summed E-state index contributed by atoms with van der Waals surface area (Å²) in [6.07, 6.45) is 4.75. The van der Waals surface area contributed by atoms with Crippen LogP contribution in [0.4, 0.5) is 22.1 Å². The molecular weight excluding hydrogens is 468 g/mol. The molecule has 0 spiro atoms. The highest BCUT2D eigenvalue weighted by atomic mass is 16.5. The molecule has 0 radical (unpaired) electrons. The van der Waals surface area contributed by atoms with Gasteiger partial charge in [0.2, 0.25) is 0 Å². The minimum Gasteiger partial charge on any atom is -0.377 e. The highest BCUT2D eigenvalue weighted by molar-refractivity contribution is 5.89. The monoisotopic (exact) mass is 500 g/mol. The fourth-order valence-electron chi connectivity index (χ4n) is 5.58. The second-order valence-corrected chi connectivity index (χ2v) is 9.88. The third-order valence-corrected chi connectivity index (χ3v) is 7.38. The molecule has 10 nitrogen and oxygen atoms in total. The first-order valence-electron chi connectivity index (χ1n) is 13.0. The number of rotatable bonds is 5. The summed E-state index contributed by atoms with van der Waals surface area (Å²) in [5, 5.41) is 5.60. The lowest BCUT2D eigenvalue weighted by molar-refractivity contribution is 0.0901. The third-order valence-electron chi connectivity index (χ3n) is 7.38. The molecule has 0 unspecified atom stereocenters. The Labute approximate surface area is 216 Å². The van der Waals surface area contributed by atoms with Gasteiger partial charge < -0.3 is 25.2 Å². The maximum atomic E-state index is 11.9. The fraction of sp³-hybridized carbons (Fsp3) is 0.444. The number of nitrogens with one attached hydrogen (secondary N) is 2. The number of carbonyl (C=O) groups excluding carboxylic acids is 1. The topological polar surface area (TPSA) is 108 Å². The molecule has 3 aliphatic heterocycles. The van der Waals surface area contributed by atoms with E-state index in [1.165, 1.54) is 5.56 Å². The first-order valence-corrected chi connectivity index (χ1v) is 13.0. The number of fused-ring (bicyclic) bond motifs is 3. The molecule has 192 valence electrons. The summed E-state index contributed by atoms with van der Waals surface area (Å²) in [5.41, 5.74) is 4.87. The summed E-state index contributed by atoms with van der Waals surface area (Å²) in [5.74, 6) is 2.68. The van der Waals surface area contributed by atoms with Crippen LogP contribution in [0.25, 0.3) is 11.4 Å². The van der Waals surface area contributed by atoms with Crippen LogP contribution in [0.2, 0.25) is 0 Å². The highest BCUT2D eigenvalue weighted by Crippen LogP contribution is 2.38. The molecule has 37 heavy (non-hydrogen) atoms. The molecule has 0 saturated carbocycles. The van der Waals surface area contributed by atoms with Crippen molar-refractivity contribution in [2.24, 2.45) is 0 Å². The Morgan fingerprint density at radius 3 is 2.62 bits per heavy atom. The van der Waals surface area contributed by atoms with Gasteiger partial charge >= 0.3 is 6.03 Å². The van der Waals surface area contributed by atoms with E-state index in [9.17, 15) is 4.79 Å². The summed E-state index contributed by atoms with van der Waals surface area (Å²) < 4.78 is 5.87. The molecule has 2 bridgehead atoms. The van der Waals surface area contributed by atoms with E-state index in [1.54, 1.807) is 6.33 Å². The number of hydrogen-bond donors (Lipinski definition) is 2. The SMILES string of the molecule is CCNC(=O)Nc1ccc(-c2nc3c(c(N4[C@@H]5CC[C@H]4COC5)n2)CCN(c2cc(C)ncn2)C3)cc1. The molecule has 10 heteroatoms. The van der Waals surface area contributed by atoms with Crippen molar-refractivity contribution in [3.63, 3.8) is 0 Å². The number of hydrogen-bond acceptors (Lipinski definition) is 8. The van der Waals surface area contributed by atoms with Crippen LogP contribution in [0.1, 0.15) is 36.7 Å². The van der Waals surface area contributed by atoms with Crippen molar-refractivity contribution in [1.82, 2.24) is 25.3 Å². The Hall–Kier alpha value is -3.79. The van der Waals surface area contributed by atoms with Crippen LogP contribution in [0.15, 0.2) is 36.7 Å². The summed E-state index contributed by atoms with van der Waals surface area (Å²) in [4.78, 5) is 35.7. The predicted molar refractivity (Wildman–Crippen MR) is 142 cm³/mol. The molecule has 3 aliphatic rings. The molecule has 2 saturated heterocycles. The lowest BCUT2D eigenvalue weighted by atomic mass is 10.0. The normalized spacial score (nSPS) is 20.5. The summed E-state index contributed by atoms with van der Waals surface area (Å²) >= 11 is 0. The van der Waals surface area contributed by atoms with E-state index in [0.717, 1.165) is 73.3 Å². The van der Waals surface area contributed by atoms with Gasteiger partial charge in [-0.2, -0.15) is 0 Å². The van der Waals surface area contributed by atoms with Gasteiger partial charge in [0.05, 0.1) is 37.5 Å². The Balaban J connectivity index is 1.36. The van der Waals surface area contributed by atoms with Gasteiger partial charge in [-0.15, -0.1) is 0 Å². The van der Waals surface area contributed by atoms with Crippen molar-refractivity contribution in [1.29, 1.82) is 0 Å². The lowest BCUT2D eigenvalue weighted by Gasteiger charge is -2.39. The van der Waals surface area contributed by atoms with Crippen molar-refractivity contribution in [2.75, 3.05) is 41.4 Å². The molecule has 2 aromatic heterocycles. The van der Waals surface area contributed by atoms with Crippen molar-refractivity contribution in [2.45, 2.75) is 51.7 Å². The van der Waals surface area contributed by atoms with E-state index in [4.69, 9.17) is 14.7 Å². The number of anilines is 3. The van der Waals surface area contributed by atoms with E-state index in [2.05, 4.69) is 30.4 Å². The van der Waals surface area contributed by atoms with Gasteiger partial charge in [0.1, 0.15) is 18.0 Å². The molecule has 2 N–H and O–H groups in total. The van der Waals surface area contributed by atoms with Crippen molar-refractivity contribution in [3.05, 3.63) is 53.6 Å². The number of morpholine rings is 1. The number of aryl methyl sites for hydroxylation is 1. The molecule has 2 atom stereocenters. The average Bonchev–Trinajstić information content (AvgIpc) is 3.15. The molecule has 1 aromatic carbocycles. The number of carbonyl (C=O) groups is 1. The number of aromatic nitrogens is 4. The largest absolute Gasteiger partial charge is 0.377 e. The van der Waals surface area contributed by atoms with E-state index >= 15 is 0 Å². The zero-order chi connectivity index (χ0) is 25.4. The molecular formula is C27H32N8O2. The van der Waals surface area contributed by atoms with E-state index in [1.807, 2.05) is 44.2 Å². The number of nitrogens with zero attached hydrogens (tertiary/aromatic N) is 6. The summed E-state index contributed by atoms with van der Waals surface area (Å²) in [6, 6.07) is 10.2. The lowest BCUT2D eigenvalue weighted by Crippen LogP contribution is -2.47. The second kappa shape index (κ2) is 9.93. The van der Waals surface area contributed by atoms with Gasteiger partial charge in [-0.3, -0.25) is 0 Å². The predicted octanol–water partition coefficient (Wildman–Crippen LogP) is 3.31. The Kier molecular flexibility index (Phi) is 6.33. The number of urea groups is 1. The number of benzene rings is 1. The van der Waals surface area contributed by atoms with Crippen LogP contribution < -0.4 is 20.4 Å². The van der Waals surface area contributed by atoms with Crippen LogP contribution in [-0.4, -0.2) is 64.4 Å². The number of amides is 2. The van der Waals surface area contributed by atoms with Crippen LogP contribution in [0, 0.1) is 6.92 Å². The minimum absolute atomic E-state index is 0.217. The zero-order valence-electron chi connectivity index (χ0n) is 21.3. The Bertz CT molecular complexity index is 1280. The van der Waals surface area contributed by atoms with Gasteiger partial charge in [-0.25, -0.2) is 24.7 Å². The van der Waals surface area contributed by atoms with Gasteiger partial charge in [0.25, 0.3) is 0 Å². The quantitative estimate of drug-likeness (QED) is 0.549. The molecule has 5 heterocycles. The first kappa shape index (κ1) is 23.6. The zero-order valence-corrected chi connectivity index (χ0v) is 21.3.